The molecule has 22 heavy (non-hydrogen) atoms. The summed E-state index contributed by atoms with van der Waals surface area (Å²) in [6.07, 6.45) is 10.2. The molecule has 1 saturated carbocycles. The molecule has 1 aliphatic rings. The van der Waals surface area contributed by atoms with E-state index in [1.54, 1.807) is 0 Å². The molecule has 1 fully saturated rings. The number of rotatable bonds is 7. The molecule has 2 heteroatoms. The summed E-state index contributed by atoms with van der Waals surface area (Å²) in [5, 5.41) is 0. The first-order valence-corrected chi connectivity index (χ1v) is 12.4. The van der Waals surface area contributed by atoms with Crippen molar-refractivity contribution in [3.8, 4) is 0 Å². The second-order valence-electron chi connectivity index (χ2n) is 7.75. The van der Waals surface area contributed by atoms with Gasteiger partial charge in [0.25, 0.3) is 0 Å². The van der Waals surface area contributed by atoms with Crippen LogP contribution in [0.25, 0.3) is 0 Å². The number of benzene rings is 1. The van der Waals surface area contributed by atoms with Crippen LogP contribution in [0.2, 0.25) is 19.6 Å². The van der Waals surface area contributed by atoms with Crippen molar-refractivity contribution in [2.24, 2.45) is 5.92 Å². The Morgan fingerprint density at radius 2 is 1.77 bits per heavy atom. The summed E-state index contributed by atoms with van der Waals surface area (Å²) < 4.78 is 6.77. The highest BCUT2D eigenvalue weighted by Crippen LogP contribution is 2.36. The van der Waals surface area contributed by atoms with E-state index in [0.717, 1.165) is 6.42 Å². The van der Waals surface area contributed by atoms with Crippen LogP contribution in [-0.4, -0.2) is 14.2 Å². The van der Waals surface area contributed by atoms with Gasteiger partial charge >= 0.3 is 0 Å². The molecule has 1 aromatic rings. The molecule has 0 bridgehead atoms. The van der Waals surface area contributed by atoms with Gasteiger partial charge in [-0.25, -0.2) is 0 Å². The van der Waals surface area contributed by atoms with Crippen LogP contribution in [0.15, 0.2) is 43.0 Å². The van der Waals surface area contributed by atoms with Gasteiger partial charge in [-0.05, 0) is 30.7 Å². The first kappa shape index (κ1) is 17.5. The maximum absolute atomic E-state index is 6.77. The van der Waals surface area contributed by atoms with Crippen molar-refractivity contribution in [3.05, 3.63) is 48.6 Å². The third kappa shape index (κ3) is 4.82. The Morgan fingerprint density at radius 1 is 1.14 bits per heavy atom. The Morgan fingerprint density at radius 3 is 2.32 bits per heavy atom. The van der Waals surface area contributed by atoms with E-state index in [0.29, 0.717) is 12.0 Å². The average Bonchev–Trinajstić information content (AvgIpc) is 2.52. The highest BCUT2D eigenvalue weighted by atomic mass is 28.3. The van der Waals surface area contributed by atoms with E-state index in [9.17, 15) is 0 Å². The summed E-state index contributed by atoms with van der Waals surface area (Å²) in [5.74, 6) is 0.717. The topological polar surface area (TPSA) is 9.23 Å². The summed E-state index contributed by atoms with van der Waals surface area (Å²) in [4.78, 5) is 0. The van der Waals surface area contributed by atoms with E-state index in [-0.39, 0.29) is 5.73 Å². The smallest absolute Gasteiger partial charge is 0.0842 e. The molecule has 1 aliphatic carbocycles. The number of hydrogen-bond donors (Lipinski definition) is 0. The van der Waals surface area contributed by atoms with Gasteiger partial charge in [0.15, 0.2) is 0 Å². The molecule has 0 spiro atoms. The van der Waals surface area contributed by atoms with Crippen molar-refractivity contribution in [2.45, 2.75) is 70.0 Å². The summed E-state index contributed by atoms with van der Waals surface area (Å²) in [6, 6.07) is 10.8. The fraction of sp³-hybridized carbons (Fsp3) is 0.600. The third-order valence-corrected chi connectivity index (χ3v) is 6.82. The van der Waals surface area contributed by atoms with Crippen LogP contribution >= 0.6 is 0 Å². The van der Waals surface area contributed by atoms with Gasteiger partial charge in [-0.1, -0.05) is 75.3 Å². The maximum atomic E-state index is 6.77. The van der Waals surface area contributed by atoms with Crippen molar-refractivity contribution < 1.29 is 4.74 Å². The molecule has 0 amide bonds. The van der Waals surface area contributed by atoms with Crippen LogP contribution in [0, 0.1) is 5.92 Å². The lowest BCUT2D eigenvalue weighted by atomic mass is 9.84. The first-order valence-electron chi connectivity index (χ1n) is 8.83. The Bertz CT molecular complexity index is 443. The molecular formula is C20H32OSi. The van der Waals surface area contributed by atoms with E-state index >= 15 is 0 Å². The molecule has 1 nitrogen and oxygen atoms in total. The molecule has 0 aliphatic heterocycles. The van der Waals surface area contributed by atoms with Crippen LogP contribution in [0.3, 0.4) is 0 Å². The summed E-state index contributed by atoms with van der Waals surface area (Å²) >= 11 is 0. The van der Waals surface area contributed by atoms with Crippen molar-refractivity contribution >= 4 is 8.07 Å². The van der Waals surface area contributed by atoms with Gasteiger partial charge in [0.05, 0.1) is 19.9 Å². The van der Waals surface area contributed by atoms with Gasteiger partial charge < -0.3 is 4.74 Å². The summed E-state index contributed by atoms with van der Waals surface area (Å²) in [7, 11) is -1.44. The summed E-state index contributed by atoms with van der Waals surface area (Å²) in [5.41, 5.74) is 1.63. The summed E-state index contributed by atoms with van der Waals surface area (Å²) in [6.45, 7) is 11.2. The Labute approximate surface area is 137 Å². The second-order valence-corrected chi connectivity index (χ2v) is 13.0. The van der Waals surface area contributed by atoms with Gasteiger partial charge in [-0.3, -0.25) is 0 Å². The SMILES string of the molecule is C=CC[C@H](O[C@H](c1ccccc1)[Si](C)(C)C)C1CCCCC1. The molecule has 0 radical (unpaired) electrons. The lowest BCUT2D eigenvalue weighted by Gasteiger charge is -2.37. The maximum Gasteiger partial charge on any atom is 0.0842 e. The molecule has 0 heterocycles. The minimum Gasteiger partial charge on any atom is -0.373 e. The fourth-order valence-corrected chi connectivity index (χ4v) is 5.39. The van der Waals surface area contributed by atoms with E-state index in [1.165, 1.54) is 37.7 Å². The monoisotopic (exact) mass is 316 g/mol. The quantitative estimate of drug-likeness (QED) is 0.433. The fourth-order valence-electron chi connectivity index (χ4n) is 3.61. The highest BCUT2D eigenvalue weighted by Gasteiger charge is 2.34. The standard InChI is InChI=1S/C20H32OSi/c1-5-12-19(17-13-8-6-9-14-17)21-20(22(2,3)4)18-15-10-7-11-16-18/h5,7,10-11,15-17,19-20H,1,6,8-9,12-14H2,2-4H3/t19-,20-/m0/s1. The zero-order chi connectivity index (χ0) is 16.0. The number of hydrogen-bond acceptors (Lipinski definition) is 1. The molecule has 1 aromatic carbocycles. The molecular weight excluding hydrogens is 284 g/mol. The van der Waals surface area contributed by atoms with E-state index < -0.39 is 8.07 Å². The third-order valence-electron chi connectivity index (χ3n) is 4.77. The average molecular weight is 317 g/mol. The Hall–Kier alpha value is -0.863. The van der Waals surface area contributed by atoms with Crippen LogP contribution in [0.4, 0.5) is 0 Å². The van der Waals surface area contributed by atoms with E-state index in [1.807, 2.05) is 6.08 Å². The second kappa shape index (κ2) is 8.12. The molecule has 0 saturated heterocycles. The van der Waals surface area contributed by atoms with Crippen LogP contribution in [0.5, 0.6) is 0 Å². The molecule has 2 atom stereocenters. The van der Waals surface area contributed by atoms with Crippen molar-refractivity contribution in [2.75, 3.05) is 0 Å². The normalized spacial score (nSPS) is 19.6. The lowest BCUT2D eigenvalue weighted by Crippen LogP contribution is -2.38. The largest absolute Gasteiger partial charge is 0.373 e. The van der Waals surface area contributed by atoms with Crippen LogP contribution < -0.4 is 0 Å². The Balaban J connectivity index is 2.17. The predicted molar refractivity (Wildman–Crippen MR) is 98.8 cm³/mol. The van der Waals surface area contributed by atoms with Gasteiger partial charge in [-0.2, -0.15) is 0 Å². The molecule has 0 unspecified atom stereocenters. The lowest BCUT2D eigenvalue weighted by molar-refractivity contribution is -0.0209. The Kier molecular flexibility index (Phi) is 6.46. The zero-order valence-corrected chi connectivity index (χ0v) is 15.6. The molecule has 2 rings (SSSR count). The predicted octanol–water partition coefficient (Wildman–Crippen LogP) is 6.15. The van der Waals surface area contributed by atoms with Crippen molar-refractivity contribution in [3.63, 3.8) is 0 Å². The highest BCUT2D eigenvalue weighted by molar-refractivity contribution is 6.77. The zero-order valence-electron chi connectivity index (χ0n) is 14.6. The molecule has 0 aromatic heterocycles. The van der Waals surface area contributed by atoms with E-state index in [4.69, 9.17) is 4.74 Å². The van der Waals surface area contributed by atoms with Gasteiger partial charge in [0.1, 0.15) is 0 Å². The van der Waals surface area contributed by atoms with Crippen LogP contribution in [-0.2, 0) is 4.74 Å². The van der Waals surface area contributed by atoms with Crippen molar-refractivity contribution in [1.82, 2.24) is 0 Å². The minimum atomic E-state index is -1.44. The van der Waals surface area contributed by atoms with Crippen LogP contribution in [0.1, 0.15) is 49.8 Å². The minimum absolute atomic E-state index is 0.278. The van der Waals surface area contributed by atoms with Gasteiger partial charge in [0.2, 0.25) is 0 Å². The van der Waals surface area contributed by atoms with Crippen molar-refractivity contribution in [1.29, 1.82) is 0 Å². The van der Waals surface area contributed by atoms with Gasteiger partial charge in [-0.15, -0.1) is 6.58 Å². The molecule has 0 N–H and O–H groups in total. The van der Waals surface area contributed by atoms with E-state index in [2.05, 4.69) is 56.6 Å². The first-order chi connectivity index (χ1) is 10.5. The molecule has 122 valence electrons. The number of ether oxygens (including phenoxy) is 1. The van der Waals surface area contributed by atoms with Gasteiger partial charge in [0, 0.05) is 0 Å².